The van der Waals surface area contributed by atoms with Crippen molar-refractivity contribution in [3.05, 3.63) is 58.8 Å². The van der Waals surface area contributed by atoms with Crippen molar-refractivity contribution in [2.24, 2.45) is 5.92 Å². The van der Waals surface area contributed by atoms with Gasteiger partial charge in [-0.2, -0.15) is 5.10 Å². The van der Waals surface area contributed by atoms with Crippen LogP contribution < -0.4 is 15.4 Å². The summed E-state index contributed by atoms with van der Waals surface area (Å²) in [4.78, 5) is 41.2. The number of benzene rings is 1. The minimum atomic E-state index is -0.723. The average molecular weight is 465 g/mol. The van der Waals surface area contributed by atoms with Crippen LogP contribution in [-0.4, -0.2) is 38.9 Å². The maximum absolute atomic E-state index is 14.3. The maximum Gasteiger partial charge on any atom is 0.315 e. The second-order valence-corrected chi connectivity index (χ2v) is 8.74. The van der Waals surface area contributed by atoms with E-state index < -0.39 is 17.6 Å². The van der Waals surface area contributed by atoms with Gasteiger partial charge in [0.25, 0.3) is 11.8 Å². The molecule has 1 aromatic carbocycles. The van der Waals surface area contributed by atoms with Crippen LogP contribution in [0.25, 0.3) is 5.65 Å². The summed E-state index contributed by atoms with van der Waals surface area (Å²) < 4.78 is 20.5. The highest BCUT2D eigenvalue weighted by molar-refractivity contribution is 5.98. The number of hydrogen-bond acceptors (Lipinski definition) is 6. The molecule has 9 nitrogen and oxygen atoms in total. The van der Waals surface area contributed by atoms with Gasteiger partial charge in [-0.15, -0.1) is 0 Å². The molecule has 1 saturated carbocycles. The van der Waals surface area contributed by atoms with Crippen LogP contribution in [0.4, 0.5) is 4.39 Å². The highest BCUT2D eigenvalue weighted by atomic mass is 19.1. The van der Waals surface area contributed by atoms with Gasteiger partial charge in [0.2, 0.25) is 0 Å². The third kappa shape index (κ3) is 4.48. The monoisotopic (exact) mass is 465 g/mol. The molecule has 0 unspecified atom stereocenters. The number of carbonyl (C=O) groups is 3. The van der Waals surface area contributed by atoms with E-state index in [1.165, 1.54) is 12.5 Å². The zero-order valence-corrected chi connectivity index (χ0v) is 18.5. The first-order valence-electron chi connectivity index (χ1n) is 11.4. The number of aromatic nitrogens is 3. The molecule has 2 aromatic heterocycles. The van der Waals surface area contributed by atoms with Crippen LogP contribution in [0, 0.1) is 11.7 Å². The van der Waals surface area contributed by atoms with E-state index in [4.69, 9.17) is 4.74 Å². The summed E-state index contributed by atoms with van der Waals surface area (Å²) in [7, 11) is 0. The van der Waals surface area contributed by atoms with E-state index in [9.17, 15) is 18.8 Å². The van der Waals surface area contributed by atoms with Crippen molar-refractivity contribution < 1.29 is 23.5 Å². The number of hydrogen-bond donors (Lipinski definition) is 2. The van der Waals surface area contributed by atoms with Crippen LogP contribution in [0.5, 0.6) is 5.75 Å². The van der Waals surface area contributed by atoms with Gasteiger partial charge >= 0.3 is 5.97 Å². The molecule has 34 heavy (non-hydrogen) atoms. The average Bonchev–Trinajstić information content (AvgIpc) is 3.42. The summed E-state index contributed by atoms with van der Waals surface area (Å²) in [5.74, 6) is -1.09. The molecule has 1 fully saturated rings. The van der Waals surface area contributed by atoms with Gasteiger partial charge in [-0.25, -0.2) is 13.9 Å². The number of ether oxygens (including phenoxy) is 1. The first-order chi connectivity index (χ1) is 16.5. The van der Waals surface area contributed by atoms with E-state index in [0.29, 0.717) is 18.2 Å². The number of nitrogens with one attached hydrogen (secondary N) is 2. The molecule has 0 atom stereocenters. The second-order valence-electron chi connectivity index (χ2n) is 8.74. The van der Waals surface area contributed by atoms with Gasteiger partial charge in [-0.05, 0) is 36.5 Å². The molecule has 1 aliphatic heterocycles. The van der Waals surface area contributed by atoms with Gasteiger partial charge in [0.1, 0.15) is 17.1 Å². The lowest BCUT2D eigenvalue weighted by atomic mass is 9.89. The van der Waals surface area contributed by atoms with Gasteiger partial charge in [0.05, 0.1) is 12.6 Å². The second kappa shape index (κ2) is 9.20. The third-order valence-electron chi connectivity index (χ3n) is 6.31. The summed E-state index contributed by atoms with van der Waals surface area (Å²) in [6.07, 6.45) is 6.82. The molecule has 2 amide bonds. The molecule has 3 heterocycles. The number of amides is 2. The molecule has 0 radical (unpaired) electrons. The van der Waals surface area contributed by atoms with E-state index in [0.717, 1.165) is 47.5 Å². The smallest absolute Gasteiger partial charge is 0.315 e. The van der Waals surface area contributed by atoms with E-state index in [1.54, 1.807) is 18.2 Å². The molecular weight excluding hydrogens is 441 g/mol. The normalized spacial score (nSPS) is 15.7. The standard InChI is InChI=1S/C24H24FN5O4/c25-17-13-28-30-19(24(33)27-11-14-4-2-1-3-5-14)10-18(29-22(17)30)23(32)26-12-15-6-7-20-16(8-15)9-21(31)34-20/h6-8,10,13-14H,1-5,9,11-12H2,(H,26,32)(H,27,33). The Bertz CT molecular complexity index is 1280. The molecule has 2 N–H and O–H groups in total. The number of nitrogens with zero attached hydrogens (tertiary/aromatic N) is 3. The Kier molecular flexibility index (Phi) is 5.95. The van der Waals surface area contributed by atoms with Crippen molar-refractivity contribution in [3.63, 3.8) is 0 Å². The summed E-state index contributed by atoms with van der Waals surface area (Å²) in [6.45, 7) is 0.691. The maximum atomic E-state index is 14.3. The van der Waals surface area contributed by atoms with Gasteiger partial charge in [0, 0.05) is 24.7 Å². The van der Waals surface area contributed by atoms with Crippen molar-refractivity contribution in [2.75, 3.05) is 6.54 Å². The van der Waals surface area contributed by atoms with Crippen LogP contribution in [0.2, 0.25) is 0 Å². The molecule has 0 spiro atoms. The van der Waals surface area contributed by atoms with Crippen LogP contribution in [0.1, 0.15) is 64.2 Å². The largest absolute Gasteiger partial charge is 0.426 e. The van der Waals surface area contributed by atoms with Crippen LogP contribution in [0.3, 0.4) is 0 Å². The van der Waals surface area contributed by atoms with Crippen molar-refractivity contribution in [1.82, 2.24) is 25.2 Å². The first kappa shape index (κ1) is 22.0. The fourth-order valence-corrected chi connectivity index (χ4v) is 4.50. The topological polar surface area (TPSA) is 115 Å². The van der Waals surface area contributed by atoms with E-state index in [2.05, 4.69) is 20.7 Å². The summed E-state index contributed by atoms with van der Waals surface area (Å²) in [6, 6.07) is 6.54. The Morgan fingerprint density at radius 2 is 1.94 bits per heavy atom. The number of fused-ring (bicyclic) bond motifs is 2. The Morgan fingerprint density at radius 3 is 2.76 bits per heavy atom. The van der Waals surface area contributed by atoms with E-state index >= 15 is 0 Å². The summed E-state index contributed by atoms with van der Waals surface area (Å²) in [5, 5.41) is 9.55. The lowest BCUT2D eigenvalue weighted by Gasteiger charge is -2.21. The Balaban J connectivity index is 1.32. The predicted octanol–water partition coefficient (Wildman–Crippen LogP) is 2.57. The summed E-state index contributed by atoms with van der Waals surface area (Å²) >= 11 is 0. The van der Waals surface area contributed by atoms with Gasteiger partial charge < -0.3 is 15.4 Å². The minimum absolute atomic E-state index is 0.0445. The zero-order valence-electron chi connectivity index (χ0n) is 18.5. The number of esters is 1. The van der Waals surface area contributed by atoms with Crippen LogP contribution in [0.15, 0.2) is 30.5 Å². The Labute approximate surface area is 194 Å². The molecular formula is C24H24FN5O4. The van der Waals surface area contributed by atoms with Crippen molar-refractivity contribution in [2.45, 2.75) is 45.1 Å². The summed E-state index contributed by atoms with van der Waals surface area (Å²) in [5.41, 5.74) is 1.29. The van der Waals surface area contributed by atoms with Crippen LogP contribution in [-0.2, 0) is 17.8 Å². The molecule has 1 aliphatic carbocycles. The van der Waals surface area contributed by atoms with Crippen LogP contribution >= 0.6 is 0 Å². The molecule has 5 rings (SSSR count). The molecule has 3 aromatic rings. The first-order valence-corrected chi connectivity index (χ1v) is 11.4. The van der Waals surface area contributed by atoms with Gasteiger partial charge in [0.15, 0.2) is 11.5 Å². The van der Waals surface area contributed by atoms with Crippen molar-refractivity contribution >= 4 is 23.4 Å². The van der Waals surface area contributed by atoms with Gasteiger partial charge in [-0.3, -0.25) is 14.4 Å². The van der Waals surface area contributed by atoms with E-state index in [-0.39, 0.29) is 36.0 Å². The third-order valence-corrected chi connectivity index (χ3v) is 6.31. The quantitative estimate of drug-likeness (QED) is 0.427. The molecule has 10 heteroatoms. The molecule has 2 aliphatic rings. The SMILES string of the molecule is O=C1Cc2cc(CNC(=O)c3cc(C(=O)NCC4CCCCC4)n4ncc(F)c4n3)ccc2O1. The highest BCUT2D eigenvalue weighted by Gasteiger charge is 2.23. The van der Waals surface area contributed by atoms with Gasteiger partial charge in [-0.1, -0.05) is 25.3 Å². The number of carbonyl (C=O) groups excluding carboxylic acids is 3. The minimum Gasteiger partial charge on any atom is -0.426 e. The number of rotatable bonds is 6. The zero-order chi connectivity index (χ0) is 23.7. The Morgan fingerprint density at radius 1 is 1.12 bits per heavy atom. The lowest BCUT2D eigenvalue weighted by Crippen LogP contribution is -2.32. The Hall–Kier alpha value is -3.82. The fourth-order valence-electron chi connectivity index (χ4n) is 4.50. The van der Waals surface area contributed by atoms with E-state index in [1.807, 2.05) is 0 Å². The molecule has 176 valence electrons. The lowest BCUT2D eigenvalue weighted by molar-refractivity contribution is -0.131. The predicted molar refractivity (Wildman–Crippen MR) is 119 cm³/mol. The molecule has 0 saturated heterocycles. The highest BCUT2D eigenvalue weighted by Crippen LogP contribution is 2.26. The van der Waals surface area contributed by atoms with Crippen molar-refractivity contribution in [3.8, 4) is 5.75 Å². The fraction of sp³-hybridized carbons (Fsp3) is 0.375. The number of halogens is 1. The van der Waals surface area contributed by atoms with Crippen molar-refractivity contribution in [1.29, 1.82) is 0 Å². The molecule has 0 bridgehead atoms.